The summed E-state index contributed by atoms with van der Waals surface area (Å²) in [5.74, 6) is 0.821. The van der Waals surface area contributed by atoms with Gasteiger partial charge < -0.3 is 39.9 Å². The predicted octanol–water partition coefficient (Wildman–Crippen LogP) is 8.32. The zero-order chi connectivity index (χ0) is 45.8. The molecule has 1 saturated carbocycles. The van der Waals surface area contributed by atoms with Crippen LogP contribution in [0.3, 0.4) is 0 Å². The number of carbonyl (C=O) groups excluding carboxylic acids is 4. The number of nitrogens with one attached hydrogen (secondary N) is 4. The summed E-state index contributed by atoms with van der Waals surface area (Å²) in [6.07, 6.45) is 1.34. The Morgan fingerprint density at radius 1 is 0.723 bits per heavy atom. The Morgan fingerprint density at radius 3 is 1.86 bits per heavy atom. The number of H-pyrrole nitrogens is 2. The van der Waals surface area contributed by atoms with Crippen molar-refractivity contribution in [2.24, 2.45) is 17.8 Å². The quantitative estimate of drug-likeness (QED) is 0.102. The Hall–Kier alpha value is -6.32. The molecule has 16 heteroatoms. The Morgan fingerprint density at radius 2 is 1.29 bits per heavy atom. The largest absolute Gasteiger partial charge is 0.453 e. The molecule has 5 aromatic rings. The summed E-state index contributed by atoms with van der Waals surface area (Å²) >= 11 is 0. The van der Waals surface area contributed by atoms with Crippen LogP contribution in [0.25, 0.3) is 44.5 Å². The van der Waals surface area contributed by atoms with Crippen molar-refractivity contribution in [2.45, 2.75) is 102 Å². The molecular formula is C49H56F2N8O6. The molecule has 65 heavy (non-hydrogen) atoms. The maximum absolute atomic E-state index is 15.0. The first kappa shape index (κ1) is 43.9. The first-order valence-corrected chi connectivity index (χ1v) is 22.6. The Balaban J connectivity index is 0.957. The number of likely N-dealkylation sites (tertiary alicyclic amines) is 2. The second-order valence-electron chi connectivity index (χ2n) is 18.7. The zero-order valence-electron chi connectivity index (χ0n) is 37.5. The van der Waals surface area contributed by atoms with Crippen molar-refractivity contribution in [1.82, 2.24) is 40.4 Å². The predicted molar refractivity (Wildman–Crippen MR) is 240 cm³/mol. The second kappa shape index (κ2) is 17.6. The monoisotopic (exact) mass is 890 g/mol. The average Bonchev–Trinajstić information content (AvgIpc) is 4.13. The van der Waals surface area contributed by atoms with Gasteiger partial charge in [-0.3, -0.25) is 9.59 Å². The molecule has 0 radical (unpaired) electrons. The summed E-state index contributed by atoms with van der Waals surface area (Å²) in [7, 11) is 2.48. The third-order valence-electron chi connectivity index (χ3n) is 14.0. The third kappa shape index (κ3) is 8.20. The number of fused-ring (bicyclic) bond motifs is 4. The molecule has 0 bridgehead atoms. The van der Waals surface area contributed by atoms with Crippen molar-refractivity contribution in [2.75, 3.05) is 27.3 Å². The van der Waals surface area contributed by atoms with E-state index < -0.39 is 48.7 Å². The molecular weight excluding hydrogens is 835 g/mol. The van der Waals surface area contributed by atoms with E-state index in [0.717, 1.165) is 46.3 Å². The van der Waals surface area contributed by atoms with Crippen LogP contribution in [0.1, 0.15) is 94.2 Å². The molecule has 342 valence electrons. The molecule has 4 heterocycles. The molecule has 3 fully saturated rings. The first-order chi connectivity index (χ1) is 31.2. The number of alkyl halides is 2. The minimum atomic E-state index is -1.23. The van der Waals surface area contributed by atoms with Gasteiger partial charge in [0.1, 0.15) is 36.1 Å². The lowest BCUT2D eigenvalue weighted by Gasteiger charge is -2.31. The summed E-state index contributed by atoms with van der Waals surface area (Å²) in [6, 6.07) is 15.9. The number of halogens is 2. The van der Waals surface area contributed by atoms with Crippen LogP contribution in [0.15, 0.2) is 60.8 Å². The Kier molecular flexibility index (Phi) is 11.9. The number of nitrogens with zero attached hydrogens (tertiary/aromatic N) is 4. The van der Waals surface area contributed by atoms with E-state index in [0.29, 0.717) is 23.5 Å². The lowest BCUT2D eigenvalue weighted by atomic mass is 9.73. The number of ether oxygens (including phenoxy) is 2. The Bertz CT molecular complexity index is 2630. The van der Waals surface area contributed by atoms with E-state index in [2.05, 4.69) is 74.1 Å². The first-order valence-electron chi connectivity index (χ1n) is 22.6. The summed E-state index contributed by atoms with van der Waals surface area (Å²) in [5, 5.41) is 5.23. The van der Waals surface area contributed by atoms with Crippen molar-refractivity contribution in [3.8, 4) is 33.5 Å². The summed E-state index contributed by atoms with van der Waals surface area (Å²) in [4.78, 5) is 70.7. The van der Waals surface area contributed by atoms with Gasteiger partial charge in [0.15, 0.2) is 0 Å². The molecule has 3 unspecified atom stereocenters. The number of aromatic nitrogens is 4. The highest BCUT2D eigenvalue weighted by Crippen LogP contribution is 2.56. The summed E-state index contributed by atoms with van der Waals surface area (Å²) in [6.45, 7) is 7.10. The van der Waals surface area contributed by atoms with Crippen LogP contribution in [0.4, 0.5) is 18.4 Å². The molecule has 2 aliphatic carbocycles. The van der Waals surface area contributed by atoms with Gasteiger partial charge in [0, 0.05) is 12.8 Å². The fraction of sp³-hybridized carbons (Fsp3) is 0.469. The number of methoxy groups -OCH3 is 2. The van der Waals surface area contributed by atoms with E-state index in [1.807, 2.05) is 33.8 Å². The van der Waals surface area contributed by atoms with Crippen molar-refractivity contribution in [1.29, 1.82) is 0 Å². The van der Waals surface area contributed by atoms with E-state index in [-0.39, 0.29) is 49.6 Å². The van der Waals surface area contributed by atoms with Gasteiger partial charge in [0.25, 0.3) is 0 Å². The molecule has 8 atom stereocenters. The minimum absolute atomic E-state index is 0.0883. The van der Waals surface area contributed by atoms with Gasteiger partial charge in [0.2, 0.25) is 11.8 Å². The van der Waals surface area contributed by atoms with Crippen LogP contribution in [-0.4, -0.2) is 105 Å². The maximum atomic E-state index is 15.0. The molecule has 9 rings (SSSR count). The number of carbonyl (C=O) groups is 4. The average molecular weight is 891 g/mol. The fourth-order valence-corrected chi connectivity index (χ4v) is 10.5. The number of benzene rings is 3. The molecule has 0 spiro atoms. The molecule has 14 nitrogen and oxygen atoms in total. The number of hydrogen-bond donors (Lipinski definition) is 4. The summed E-state index contributed by atoms with van der Waals surface area (Å²) < 4.78 is 39.5. The zero-order valence-corrected chi connectivity index (χ0v) is 37.5. The molecule has 4 aliphatic rings. The standard InChI is InChI=1S/C49H56F2N8O6/c1-24(2)42(56-48(62)64-5)46(60)58-22-30(50)19-39(58)44-52-21-38(55-44)27-9-7-26(8-10-27)33-15-14-32(35-17-28-11-13-34(28)41(33)35)29-12-16-36-37(18-29)54-45(53-36)40-20-31(51)23-59(40)47(61)43(25(3)4)57-49(63)65-6/h7-10,12,14-16,18,21,24-25,28,30-31,34,39-40,42-43H,11,13,17,19-20,22-23H2,1-6H3,(H,52,55)(H,53,54)(H,56,62)(H,57,63)/t28?,30-,31-,34?,39-,40-,42?,43-/m0/s1. The van der Waals surface area contributed by atoms with Crippen LogP contribution in [-0.2, 0) is 25.5 Å². The van der Waals surface area contributed by atoms with Gasteiger partial charge in [-0.05, 0) is 94.0 Å². The minimum Gasteiger partial charge on any atom is -0.453 e. The number of amides is 4. The third-order valence-corrected chi connectivity index (χ3v) is 14.0. The molecule has 3 aromatic carbocycles. The van der Waals surface area contributed by atoms with Gasteiger partial charge in [-0.25, -0.2) is 28.3 Å². The number of imidazole rings is 2. The van der Waals surface area contributed by atoms with E-state index in [1.54, 1.807) is 6.20 Å². The Labute approximate surface area is 376 Å². The molecule has 4 N–H and O–H groups in total. The van der Waals surface area contributed by atoms with E-state index in [4.69, 9.17) is 14.5 Å². The number of rotatable bonds is 11. The van der Waals surface area contributed by atoms with Crippen molar-refractivity contribution < 1.29 is 37.4 Å². The van der Waals surface area contributed by atoms with Crippen LogP contribution < -0.4 is 10.6 Å². The van der Waals surface area contributed by atoms with E-state index in [9.17, 15) is 23.6 Å². The number of hydrogen-bond acceptors (Lipinski definition) is 8. The second-order valence-corrected chi connectivity index (χ2v) is 18.7. The highest BCUT2D eigenvalue weighted by atomic mass is 19.1. The van der Waals surface area contributed by atoms with Crippen molar-refractivity contribution >= 4 is 35.0 Å². The lowest BCUT2D eigenvalue weighted by Crippen LogP contribution is -2.51. The van der Waals surface area contributed by atoms with Gasteiger partial charge in [-0.2, -0.15) is 0 Å². The van der Waals surface area contributed by atoms with Crippen molar-refractivity contribution in [3.05, 3.63) is 83.6 Å². The fourth-order valence-electron chi connectivity index (χ4n) is 10.5. The molecule has 2 aliphatic heterocycles. The maximum Gasteiger partial charge on any atom is 0.407 e. The van der Waals surface area contributed by atoms with Gasteiger partial charge in [0.05, 0.1) is 62.3 Å². The highest BCUT2D eigenvalue weighted by molar-refractivity contribution is 5.89. The number of aromatic amines is 2. The molecule has 2 aromatic heterocycles. The van der Waals surface area contributed by atoms with Crippen molar-refractivity contribution in [3.63, 3.8) is 0 Å². The van der Waals surface area contributed by atoms with Crippen LogP contribution in [0, 0.1) is 17.8 Å². The van der Waals surface area contributed by atoms with Crippen LogP contribution in [0.2, 0.25) is 0 Å². The van der Waals surface area contributed by atoms with E-state index >= 15 is 4.39 Å². The highest BCUT2D eigenvalue weighted by Gasteiger charge is 2.44. The molecule has 4 amide bonds. The van der Waals surface area contributed by atoms with Gasteiger partial charge in [-0.1, -0.05) is 70.2 Å². The van der Waals surface area contributed by atoms with Crippen LogP contribution >= 0.6 is 0 Å². The summed E-state index contributed by atoms with van der Waals surface area (Å²) in [5.41, 5.74) is 10.4. The molecule has 2 saturated heterocycles. The van der Waals surface area contributed by atoms with E-state index in [1.165, 1.54) is 52.7 Å². The SMILES string of the molecule is COC(=O)NC(C(=O)N1C[C@@H](F)C[C@H]1c1ncc(-c2ccc(-c3ccc(-c4ccc5nc([C@@H]6C[C@H](F)CN6C(=O)[C@@H](NC(=O)OC)C(C)C)[nH]c5c4)c4c3C3CCC3C4)cc2)[nH]1)C(C)C. The smallest absolute Gasteiger partial charge is 0.407 e. The lowest BCUT2D eigenvalue weighted by molar-refractivity contribution is -0.136. The van der Waals surface area contributed by atoms with Gasteiger partial charge >= 0.3 is 12.2 Å². The topological polar surface area (TPSA) is 175 Å². The van der Waals surface area contributed by atoms with Crippen LogP contribution in [0.5, 0.6) is 0 Å². The van der Waals surface area contributed by atoms with Gasteiger partial charge in [-0.15, -0.1) is 0 Å². The normalized spacial score (nSPS) is 23.3. The number of alkyl carbamates (subject to hydrolysis) is 2.